The second kappa shape index (κ2) is 7.54. The Hall–Kier alpha value is -2.25. The molecule has 1 aromatic rings. The maximum absolute atomic E-state index is 12.9. The van der Waals surface area contributed by atoms with E-state index in [0.29, 0.717) is 38.9 Å². The highest BCUT2D eigenvalue weighted by atomic mass is 19.4. The molecule has 0 aliphatic carbocycles. The molecule has 2 aliphatic rings. The highest BCUT2D eigenvalue weighted by Gasteiger charge is 2.47. The number of hydrogen-bond donors (Lipinski definition) is 1. The summed E-state index contributed by atoms with van der Waals surface area (Å²) in [6.45, 7) is 6.72. The number of ether oxygens (including phenoxy) is 1. The van der Waals surface area contributed by atoms with E-state index in [2.05, 4.69) is 5.32 Å². The third-order valence-corrected chi connectivity index (χ3v) is 5.81. The lowest BCUT2D eigenvalue weighted by Crippen LogP contribution is -2.53. The number of carbonyl (C=O) groups excluding carboxylic acids is 2. The minimum Gasteiger partial charge on any atom is -0.444 e. The first-order valence-electron chi connectivity index (χ1n) is 9.81. The van der Waals surface area contributed by atoms with Crippen molar-refractivity contribution in [3.63, 3.8) is 0 Å². The van der Waals surface area contributed by atoms with E-state index in [-0.39, 0.29) is 23.3 Å². The fourth-order valence-corrected chi connectivity index (χ4v) is 4.30. The standard InChI is InChI=1S/C21H27F3N2O3/c1-19(2,3)29-18(28)26-10-8-20(9-11-26)12-17(27)25-13-16(20)14-4-6-15(7-5-14)21(22,23)24/h4-7,16H,8-13H2,1-3H3,(H,25,27). The monoisotopic (exact) mass is 412 g/mol. The number of hydrogen-bond acceptors (Lipinski definition) is 3. The van der Waals surface area contributed by atoms with Crippen molar-refractivity contribution in [3.8, 4) is 0 Å². The fraction of sp³-hybridized carbons (Fsp3) is 0.619. The molecule has 1 atom stereocenters. The molecule has 0 bridgehead atoms. The molecule has 29 heavy (non-hydrogen) atoms. The summed E-state index contributed by atoms with van der Waals surface area (Å²) in [5, 5.41) is 2.85. The summed E-state index contributed by atoms with van der Waals surface area (Å²) in [5.74, 6) is -0.151. The molecule has 0 aromatic heterocycles. The van der Waals surface area contributed by atoms with Crippen LogP contribution < -0.4 is 5.32 Å². The maximum Gasteiger partial charge on any atom is 0.416 e. The van der Waals surface area contributed by atoms with Gasteiger partial charge in [0, 0.05) is 32.0 Å². The molecule has 1 unspecified atom stereocenters. The molecular formula is C21H27F3N2O3. The van der Waals surface area contributed by atoms with Gasteiger partial charge >= 0.3 is 12.3 Å². The molecule has 1 N–H and O–H groups in total. The van der Waals surface area contributed by atoms with E-state index < -0.39 is 17.3 Å². The Kier molecular flexibility index (Phi) is 5.58. The zero-order valence-electron chi connectivity index (χ0n) is 16.9. The van der Waals surface area contributed by atoms with Crippen molar-refractivity contribution in [1.29, 1.82) is 0 Å². The van der Waals surface area contributed by atoms with Crippen LogP contribution >= 0.6 is 0 Å². The molecule has 2 amide bonds. The number of amides is 2. The van der Waals surface area contributed by atoms with E-state index in [0.717, 1.165) is 17.7 Å². The Labute approximate surface area is 168 Å². The molecule has 2 saturated heterocycles. The summed E-state index contributed by atoms with van der Waals surface area (Å²) >= 11 is 0. The van der Waals surface area contributed by atoms with Crippen molar-refractivity contribution in [2.45, 2.75) is 57.7 Å². The van der Waals surface area contributed by atoms with Crippen LogP contribution in [-0.2, 0) is 15.7 Å². The summed E-state index contributed by atoms with van der Waals surface area (Å²) in [6, 6.07) is 5.20. The molecule has 2 aliphatic heterocycles. The zero-order valence-corrected chi connectivity index (χ0v) is 16.9. The molecule has 1 spiro atoms. The number of likely N-dealkylation sites (tertiary alicyclic amines) is 1. The molecule has 2 heterocycles. The third kappa shape index (κ3) is 4.85. The Balaban J connectivity index is 1.77. The fourth-order valence-electron chi connectivity index (χ4n) is 4.30. The van der Waals surface area contributed by atoms with Crippen molar-refractivity contribution >= 4 is 12.0 Å². The Morgan fingerprint density at radius 3 is 2.24 bits per heavy atom. The minimum absolute atomic E-state index is 0.0566. The van der Waals surface area contributed by atoms with Crippen LogP contribution in [0.3, 0.4) is 0 Å². The quantitative estimate of drug-likeness (QED) is 0.747. The molecule has 1 aromatic carbocycles. The van der Waals surface area contributed by atoms with Crippen molar-refractivity contribution in [2.24, 2.45) is 5.41 Å². The summed E-state index contributed by atoms with van der Waals surface area (Å²) in [4.78, 5) is 26.1. The smallest absolute Gasteiger partial charge is 0.416 e. The van der Waals surface area contributed by atoms with Crippen LogP contribution in [0.15, 0.2) is 24.3 Å². The van der Waals surface area contributed by atoms with E-state index >= 15 is 0 Å². The second-order valence-electron chi connectivity index (χ2n) is 8.98. The normalized spacial score (nSPS) is 22.3. The predicted molar refractivity (Wildman–Crippen MR) is 101 cm³/mol. The largest absolute Gasteiger partial charge is 0.444 e. The number of benzene rings is 1. The maximum atomic E-state index is 12.9. The van der Waals surface area contributed by atoms with Gasteiger partial charge in [0.15, 0.2) is 0 Å². The van der Waals surface area contributed by atoms with Gasteiger partial charge in [-0.15, -0.1) is 0 Å². The molecule has 0 radical (unpaired) electrons. The molecule has 160 valence electrons. The Morgan fingerprint density at radius 1 is 1.14 bits per heavy atom. The van der Waals surface area contributed by atoms with Gasteiger partial charge in [0.2, 0.25) is 5.91 Å². The van der Waals surface area contributed by atoms with Gasteiger partial charge in [-0.1, -0.05) is 12.1 Å². The second-order valence-corrected chi connectivity index (χ2v) is 8.98. The number of nitrogens with one attached hydrogen (secondary N) is 1. The Bertz CT molecular complexity index is 761. The average molecular weight is 412 g/mol. The third-order valence-electron chi connectivity index (χ3n) is 5.81. The summed E-state index contributed by atoms with van der Waals surface area (Å²) in [7, 11) is 0. The van der Waals surface area contributed by atoms with Crippen molar-refractivity contribution in [2.75, 3.05) is 19.6 Å². The average Bonchev–Trinajstić information content (AvgIpc) is 2.60. The summed E-state index contributed by atoms with van der Waals surface area (Å²) in [5.41, 5.74) is -0.862. The molecular weight excluding hydrogens is 385 g/mol. The van der Waals surface area contributed by atoms with Gasteiger partial charge in [0.25, 0.3) is 0 Å². The molecule has 0 saturated carbocycles. The number of nitrogens with zero attached hydrogens (tertiary/aromatic N) is 1. The predicted octanol–water partition coefficient (Wildman–Crippen LogP) is 4.33. The van der Waals surface area contributed by atoms with E-state index in [1.54, 1.807) is 4.90 Å². The number of halogens is 3. The first-order chi connectivity index (χ1) is 13.4. The lowest BCUT2D eigenvalue weighted by molar-refractivity contribution is -0.137. The zero-order chi connectivity index (χ0) is 21.4. The van der Waals surface area contributed by atoms with Crippen LogP contribution in [-0.4, -0.2) is 42.1 Å². The lowest BCUT2D eigenvalue weighted by atomic mass is 9.62. The van der Waals surface area contributed by atoms with Gasteiger partial charge in [-0.2, -0.15) is 13.2 Å². The van der Waals surface area contributed by atoms with Gasteiger partial charge in [-0.05, 0) is 56.7 Å². The topological polar surface area (TPSA) is 58.6 Å². The van der Waals surface area contributed by atoms with Gasteiger partial charge in [-0.25, -0.2) is 4.79 Å². The molecule has 2 fully saturated rings. The summed E-state index contributed by atoms with van der Waals surface area (Å²) < 4.78 is 44.1. The molecule has 3 rings (SSSR count). The van der Waals surface area contributed by atoms with E-state index in [4.69, 9.17) is 4.74 Å². The SMILES string of the molecule is CC(C)(C)OC(=O)N1CCC2(CC1)CC(=O)NCC2c1ccc(C(F)(F)F)cc1. The first-order valence-corrected chi connectivity index (χ1v) is 9.81. The van der Waals surface area contributed by atoms with Gasteiger partial charge in [0.05, 0.1) is 5.56 Å². The molecule has 5 nitrogen and oxygen atoms in total. The van der Waals surface area contributed by atoms with E-state index in [9.17, 15) is 22.8 Å². The molecule has 8 heteroatoms. The van der Waals surface area contributed by atoms with Crippen molar-refractivity contribution in [1.82, 2.24) is 10.2 Å². The van der Waals surface area contributed by atoms with Crippen LogP contribution in [0.1, 0.15) is 57.1 Å². The summed E-state index contributed by atoms with van der Waals surface area (Å²) in [6.07, 6.45) is -3.24. The minimum atomic E-state index is -4.38. The van der Waals surface area contributed by atoms with Crippen LogP contribution in [0, 0.1) is 5.41 Å². The van der Waals surface area contributed by atoms with Crippen molar-refractivity contribution < 1.29 is 27.5 Å². The van der Waals surface area contributed by atoms with Crippen molar-refractivity contribution in [3.05, 3.63) is 35.4 Å². The first kappa shape index (κ1) is 21.5. The number of alkyl halides is 3. The van der Waals surface area contributed by atoms with Gasteiger partial charge in [-0.3, -0.25) is 4.79 Å². The van der Waals surface area contributed by atoms with E-state index in [1.165, 1.54) is 12.1 Å². The number of carbonyl (C=O) groups is 2. The number of piperidine rings is 2. The van der Waals surface area contributed by atoms with Crippen LogP contribution in [0.2, 0.25) is 0 Å². The Morgan fingerprint density at radius 2 is 1.72 bits per heavy atom. The van der Waals surface area contributed by atoms with Gasteiger partial charge < -0.3 is 15.0 Å². The van der Waals surface area contributed by atoms with Gasteiger partial charge in [0.1, 0.15) is 5.60 Å². The van der Waals surface area contributed by atoms with Crippen LogP contribution in [0.4, 0.5) is 18.0 Å². The number of rotatable bonds is 1. The lowest BCUT2D eigenvalue weighted by Gasteiger charge is -2.49. The van der Waals surface area contributed by atoms with Crippen LogP contribution in [0.25, 0.3) is 0 Å². The van der Waals surface area contributed by atoms with Crippen LogP contribution in [0.5, 0.6) is 0 Å². The highest BCUT2D eigenvalue weighted by molar-refractivity contribution is 5.78. The highest BCUT2D eigenvalue weighted by Crippen LogP contribution is 2.49. The van der Waals surface area contributed by atoms with E-state index in [1.807, 2.05) is 20.8 Å².